The molecule has 0 bridgehead atoms. The summed E-state index contributed by atoms with van der Waals surface area (Å²) in [6.45, 7) is 2.52. The van der Waals surface area contributed by atoms with E-state index in [4.69, 9.17) is 9.47 Å². The summed E-state index contributed by atoms with van der Waals surface area (Å²) in [6.07, 6.45) is 0.541. The zero-order chi connectivity index (χ0) is 21.8. The normalized spacial score (nSPS) is 18.1. The lowest BCUT2D eigenvalue weighted by molar-refractivity contribution is -0.140. The number of amides is 1. The van der Waals surface area contributed by atoms with Crippen molar-refractivity contribution in [2.75, 3.05) is 27.4 Å². The molecule has 0 unspecified atom stereocenters. The van der Waals surface area contributed by atoms with Crippen molar-refractivity contribution in [1.29, 1.82) is 0 Å². The van der Waals surface area contributed by atoms with Crippen LogP contribution in [0, 0.1) is 6.92 Å². The van der Waals surface area contributed by atoms with Crippen LogP contribution in [-0.2, 0) is 14.3 Å². The predicted octanol–water partition coefficient (Wildman–Crippen LogP) is 3.17. The molecule has 0 saturated carbocycles. The van der Waals surface area contributed by atoms with Crippen molar-refractivity contribution in [1.82, 2.24) is 4.90 Å². The van der Waals surface area contributed by atoms with Crippen LogP contribution >= 0.6 is 0 Å². The van der Waals surface area contributed by atoms with Gasteiger partial charge in [-0.1, -0.05) is 12.1 Å². The minimum absolute atomic E-state index is 0.0244. The molecule has 7 heteroatoms. The molecule has 2 N–H and O–H groups in total. The number of carbonyl (C=O) groups excluding carboxylic acids is 2. The Balaban J connectivity index is 2.13. The first-order chi connectivity index (χ1) is 14.4. The molecule has 158 valence electrons. The number of likely N-dealkylation sites (tertiary alicyclic amines) is 1. The Morgan fingerprint density at radius 3 is 2.40 bits per heavy atom. The first-order valence-corrected chi connectivity index (χ1v) is 9.60. The van der Waals surface area contributed by atoms with Gasteiger partial charge in [-0.05, 0) is 54.8 Å². The largest absolute Gasteiger partial charge is 0.508 e. The van der Waals surface area contributed by atoms with E-state index in [9.17, 15) is 19.8 Å². The lowest BCUT2D eigenvalue weighted by atomic mass is 9.94. The number of hydrogen-bond donors (Lipinski definition) is 2. The fourth-order valence-corrected chi connectivity index (χ4v) is 3.67. The van der Waals surface area contributed by atoms with Crippen molar-refractivity contribution in [3.63, 3.8) is 0 Å². The predicted molar refractivity (Wildman–Crippen MR) is 111 cm³/mol. The van der Waals surface area contributed by atoms with E-state index < -0.39 is 17.7 Å². The zero-order valence-electron chi connectivity index (χ0n) is 17.2. The van der Waals surface area contributed by atoms with E-state index >= 15 is 0 Å². The van der Waals surface area contributed by atoms with E-state index in [0.29, 0.717) is 42.0 Å². The van der Waals surface area contributed by atoms with Crippen molar-refractivity contribution < 1.29 is 29.3 Å². The number of Topliss-reactive ketones (excluding diaryl/α,β-unsaturated/α-hetero) is 1. The van der Waals surface area contributed by atoms with Gasteiger partial charge < -0.3 is 24.6 Å². The van der Waals surface area contributed by atoms with Gasteiger partial charge in [0.25, 0.3) is 11.7 Å². The maximum absolute atomic E-state index is 12.9. The van der Waals surface area contributed by atoms with Crippen molar-refractivity contribution in [3.05, 3.63) is 64.7 Å². The van der Waals surface area contributed by atoms with Crippen molar-refractivity contribution in [2.24, 2.45) is 0 Å². The monoisotopic (exact) mass is 411 g/mol. The third kappa shape index (κ3) is 4.02. The molecule has 0 aromatic heterocycles. The van der Waals surface area contributed by atoms with Crippen molar-refractivity contribution >= 4 is 17.4 Å². The van der Waals surface area contributed by atoms with E-state index in [1.165, 1.54) is 17.0 Å². The number of carbonyl (C=O) groups is 2. The smallest absolute Gasteiger partial charge is 0.295 e. The molecule has 1 fully saturated rings. The van der Waals surface area contributed by atoms with Crippen LogP contribution in [0.25, 0.3) is 5.76 Å². The van der Waals surface area contributed by atoms with Crippen LogP contribution in [0.15, 0.2) is 48.0 Å². The Hall–Kier alpha value is -3.32. The van der Waals surface area contributed by atoms with Crippen molar-refractivity contribution in [2.45, 2.75) is 19.4 Å². The topological polar surface area (TPSA) is 96.3 Å². The Morgan fingerprint density at radius 1 is 1.10 bits per heavy atom. The summed E-state index contributed by atoms with van der Waals surface area (Å²) in [5, 5.41) is 20.7. The second-order valence-corrected chi connectivity index (χ2v) is 7.11. The quantitative estimate of drug-likeness (QED) is 0.314. The van der Waals surface area contributed by atoms with Crippen LogP contribution in [0.5, 0.6) is 11.5 Å². The molecule has 2 aromatic rings. The van der Waals surface area contributed by atoms with Gasteiger partial charge in [-0.25, -0.2) is 0 Å². The van der Waals surface area contributed by atoms with Crippen molar-refractivity contribution in [3.8, 4) is 11.5 Å². The molecule has 2 aromatic carbocycles. The minimum Gasteiger partial charge on any atom is -0.508 e. The lowest BCUT2D eigenvalue weighted by Gasteiger charge is -2.25. The minimum atomic E-state index is -0.760. The number of rotatable bonds is 7. The molecule has 3 rings (SSSR count). The summed E-state index contributed by atoms with van der Waals surface area (Å²) in [5.41, 5.74) is 1.81. The highest BCUT2D eigenvalue weighted by Crippen LogP contribution is 2.40. The molecule has 0 spiro atoms. The molecule has 30 heavy (non-hydrogen) atoms. The van der Waals surface area contributed by atoms with Gasteiger partial charge in [0.2, 0.25) is 0 Å². The van der Waals surface area contributed by atoms with Gasteiger partial charge in [0.15, 0.2) is 0 Å². The van der Waals surface area contributed by atoms with Crippen LogP contribution in [0.4, 0.5) is 0 Å². The SMILES string of the molecule is COCCCN1C(=O)C(=O)/C(=C(/O)c2ccc(OC)cc2C)[C@H]1c1ccc(O)cc1. The number of ketones is 1. The molecular weight excluding hydrogens is 386 g/mol. The van der Waals surface area contributed by atoms with Gasteiger partial charge >= 0.3 is 0 Å². The molecule has 1 aliphatic rings. The van der Waals surface area contributed by atoms with E-state index in [-0.39, 0.29) is 17.1 Å². The van der Waals surface area contributed by atoms with Gasteiger partial charge in [-0.15, -0.1) is 0 Å². The van der Waals surface area contributed by atoms with Gasteiger partial charge in [-0.3, -0.25) is 9.59 Å². The third-order valence-electron chi connectivity index (χ3n) is 5.18. The third-order valence-corrected chi connectivity index (χ3v) is 5.18. The van der Waals surface area contributed by atoms with E-state index in [2.05, 4.69) is 0 Å². The highest BCUT2D eigenvalue weighted by molar-refractivity contribution is 6.46. The highest BCUT2D eigenvalue weighted by atomic mass is 16.5. The molecule has 1 saturated heterocycles. The fourth-order valence-electron chi connectivity index (χ4n) is 3.67. The second kappa shape index (κ2) is 9.00. The molecule has 0 radical (unpaired) electrons. The lowest BCUT2D eigenvalue weighted by Crippen LogP contribution is -2.31. The summed E-state index contributed by atoms with van der Waals surface area (Å²) >= 11 is 0. The van der Waals surface area contributed by atoms with E-state index in [1.807, 2.05) is 0 Å². The second-order valence-electron chi connectivity index (χ2n) is 7.11. The first kappa shape index (κ1) is 21.4. The van der Waals surface area contributed by atoms with Crippen LogP contribution < -0.4 is 4.74 Å². The van der Waals surface area contributed by atoms with Gasteiger partial charge in [0.1, 0.15) is 17.3 Å². The average Bonchev–Trinajstić information content (AvgIpc) is 2.99. The molecule has 1 aliphatic heterocycles. The number of ether oxygens (including phenoxy) is 2. The zero-order valence-corrected chi connectivity index (χ0v) is 17.2. The number of methoxy groups -OCH3 is 2. The number of aliphatic hydroxyl groups excluding tert-OH is 1. The average molecular weight is 411 g/mol. The van der Waals surface area contributed by atoms with E-state index in [0.717, 1.165) is 0 Å². The van der Waals surface area contributed by atoms with Crippen LogP contribution in [0.2, 0.25) is 0 Å². The number of nitrogens with zero attached hydrogens (tertiary/aromatic N) is 1. The molecule has 1 amide bonds. The molecular formula is C23H25NO6. The Bertz CT molecular complexity index is 980. The Morgan fingerprint density at radius 2 is 1.80 bits per heavy atom. The molecule has 1 atom stereocenters. The summed E-state index contributed by atoms with van der Waals surface area (Å²) in [7, 11) is 3.11. The Kier molecular flexibility index (Phi) is 6.42. The summed E-state index contributed by atoms with van der Waals surface area (Å²) in [4.78, 5) is 27.2. The molecule has 7 nitrogen and oxygen atoms in total. The maximum Gasteiger partial charge on any atom is 0.295 e. The molecule has 0 aliphatic carbocycles. The van der Waals surface area contributed by atoms with Crippen LogP contribution in [0.3, 0.4) is 0 Å². The summed E-state index contributed by atoms with van der Waals surface area (Å²) < 4.78 is 10.3. The summed E-state index contributed by atoms with van der Waals surface area (Å²) in [5.74, 6) is -0.948. The standard InChI is InChI=1S/C23H25NO6/c1-14-13-17(30-3)9-10-18(14)21(26)19-20(15-5-7-16(25)8-6-15)24(11-4-12-29-2)23(28)22(19)27/h5-10,13,20,25-26H,4,11-12H2,1-3H3/b21-19+/t20-/m1/s1. The number of aliphatic hydroxyl groups is 1. The van der Waals surface area contributed by atoms with Crippen LogP contribution in [0.1, 0.15) is 29.2 Å². The maximum atomic E-state index is 12.9. The summed E-state index contributed by atoms with van der Waals surface area (Å²) in [6, 6.07) is 10.6. The molecule has 1 heterocycles. The van der Waals surface area contributed by atoms with Gasteiger partial charge in [0, 0.05) is 25.8 Å². The number of benzene rings is 2. The first-order valence-electron chi connectivity index (χ1n) is 9.60. The highest BCUT2D eigenvalue weighted by Gasteiger charge is 2.45. The van der Waals surface area contributed by atoms with E-state index in [1.54, 1.807) is 51.5 Å². The Labute approximate surface area is 175 Å². The number of aryl methyl sites for hydroxylation is 1. The number of phenols is 1. The fraction of sp³-hybridized carbons (Fsp3) is 0.304. The number of phenolic OH excluding ortho intramolecular Hbond substituents is 1. The van der Waals surface area contributed by atoms with Gasteiger partial charge in [0.05, 0.1) is 18.7 Å². The number of aromatic hydroxyl groups is 1. The van der Waals surface area contributed by atoms with Gasteiger partial charge in [-0.2, -0.15) is 0 Å². The van der Waals surface area contributed by atoms with Crippen LogP contribution in [-0.4, -0.2) is 54.2 Å². The number of hydrogen-bond acceptors (Lipinski definition) is 6.